The minimum Gasteiger partial charge on any atom is -0.395 e. The maximum atomic E-state index is 8.99. The third-order valence-electron chi connectivity index (χ3n) is 4.50. The van der Waals surface area contributed by atoms with Crippen molar-refractivity contribution in [3.63, 3.8) is 0 Å². The summed E-state index contributed by atoms with van der Waals surface area (Å²) in [6, 6.07) is 0. The second-order valence-corrected chi connectivity index (χ2v) is 7.43. The van der Waals surface area contributed by atoms with Gasteiger partial charge < -0.3 is 10.2 Å². The van der Waals surface area contributed by atoms with Crippen molar-refractivity contribution >= 4 is 12.6 Å². The molecular weight excluding hydrogens is 306 g/mol. The Morgan fingerprint density at radius 2 is 1.17 bits per heavy atom. The van der Waals surface area contributed by atoms with Gasteiger partial charge in [-0.05, 0) is 19.4 Å². The van der Waals surface area contributed by atoms with Crippen molar-refractivity contribution < 1.29 is 10.2 Å². The molecule has 0 fully saturated rings. The number of thiol groups is 1. The molecule has 0 spiro atoms. The van der Waals surface area contributed by atoms with Crippen molar-refractivity contribution in [2.45, 2.75) is 89.2 Å². The monoisotopic (exact) mass is 347 g/mol. The summed E-state index contributed by atoms with van der Waals surface area (Å²) in [5.41, 5.74) is 0. The van der Waals surface area contributed by atoms with E-state index in [2.05, 4.69) is 24.5 Å². The van der Waals surface area contributed by atoms with Crippen LogP contribution in [0.2, 0.25) is 0 Å². The van der Waals surface area contributed by atoms with Gasteiger partial charge in [-0.2, -0.15) is 12.6 Å². The van der Waals surface area contributed by atoms with Gasteiger partial charge in [0.2, 0.25) is 0 Å². The molecule has 0 aliphatic heterocycles. The summed E-state index contributed by atoms with van der Waals surface area (Å²) in [6.45, 7) is 4.82. The standard InChI is InChI=1S/C19H41NO2S/c1-2-3-4-5-6-7-8-9-10-11-12-19(23)13-14-20(15-17-21)16-18-22/h19,21-23H,2-18H2,1H3. The zero-order valence-corrected chi connectivity index (χ0v) is 16.3. The number of aliphatic hydroxyl groups excluding tert-OH is 2. The predicted octanol–water partition coefficient (Wildman–Crippen LogP) is 4.27. The lowest BCUT2D eigenvalue weighted by atomic mass is 10.0. The molecule has 0 aromatic heterocycles. The summed E-state index contributed by atoms with van der Waals surface area (Å²) in [5, 5.41) is 18.4. The van der Waals surface area contributed by atoms with Gasteiger partial charge in [0.25, 0.3) is 0 Å². The molecule has 0 amide bonds. The Balaban J connectivity index is 3.37. The van der Waals surface area contributed by atoms with Crippen LogP contribution < -0.4 is 0 Å². The molecule has 0 saturated heterocycles. The molecule has 0 rings (SSSR count). The third kappa shape index (κ3) is 16.9. The molecule has 140 valence electrons. The molecule has 0 bridgehead atoms. The molecule has 0 aliphatic carbocycles. The van der Waals surface area contributed by atoms with Crippen LogP contribution in [0, 0.1) is 0 Å². The van der Waals surface area contributed by atoms with E-state index in [1.807, 2.05) is 0 Å². The van der Waals surface area contributed by atoms with E-state index in [0.717, 1.165) is 13.0 Å². The van der Waals surface area contributed by atoms with E-state index in [9.17, 15) is 0 Å². The first-order valence-corrected chi connectivity index (χ1v) is 10.4. The highest BCUT2D eigenvalue weighted by molar-refractivity contribution is 7.80. The minimum atomic E-state index is 0.162. The van der Waals surface area contributed by atoms with Gasteiger partial charge in [0.15, 0.2) is 0 Å². The minimum absolute atomic E-state index is 0.162. The highest BCUT2D eigenvalue weighted by Gasteiger charge is 2.08. The van der Waals surface area contributed by atoms with Crippen LogP contribution >= 0.6 is 12.6 Å². The van der Waals surface area contributed by atoms with E-state index in [0.29, 0.717) is 18.3 Å². The summed E-state index contributed by atoms with van der Waals surface area (Å²) in [6.07, 6.45) is 16.0. The van der Waals surface area contributed by atoms with Crippen LogP contribution in [0.15, 0.2) is 0 Å². The molecule has 23 heavy (non-hydrogen) atoms. The number of hydrogen-bond donors (Lipinski definition) is 3. The van der Waals surface area contributed by atoms with Crippen LogP contribution in [-0.4, -0.2) is 53.2 Å². The lowest BCUT2D eigenvalue weighted by molar-refractivity contribution is 0.159. The number of rotatable bonds is 18. The largest absolute Gasteiger partial charge is 0.395 e. The highest BCUT2D eigenvalue weighted by atomic mass is 32.1. The number of hydrogen-bond acceptors (Lipinski definition) is 4. The van der Waals surface area contributed by atoms with Gasteiger partial charge in [-0.15, -0.1) is 0 Å². The Labute approximate surface area is 150 Å². The van der Waals surface area contributed by atoms with Gasteiger partial charge in [-0.1, -0.05) is 71.1 Å². The fraction of sp³-hybridized carbons (Fsp3) is 1.00. The Morgan fingerprint density at radius 1 is 0.696 bits per heavy atom. The Kier molecular flexibility index (Phi) is 18.8. The van der Waals surface area contributed by atoms with Crippen LogP contribution in [-0.2, 0) is 0 Å². The molecule has 4 heteroatoms. The molecular formula is C19H41NO2S. The van der Waals surface area contributed by atoms with Gasteiger partial charge in [0.05, 0.1) is 13.2 Å². The first-order valence-electron chi connectivity index (χ1n) is 9.86. The Morgan fingerprint density at radius 3 is 1.65 bits per heavy atom. The molecule has 0 aromatic rings. The average Bonchev–Trinajstić information content (AvgIpc) is 2.55. The van der Waals surface area contributed by atoms with Crippen molar-refractivity contribution in [2.24, 2.45) is 0 Å². The van der Waals surface area contributed by atoms with Gasteiger partial charge in [0.1, 0.15) is 0 Å². The second kappa shape index (κ2) is 18.6. The summed E-state index contributed by atoms with van der Waals surface area (Å²) in [5.74, 6) is 0. The molecule has 0 aliphatic rings. The lowest BCUT2D eigenvalue weighted by Crippen LogP contribution is -2.32. The van der Waals surface area contributed by atoms with Gasteiger partial charge >= 0.3 is 0 Å². The summed E-state index contributed by atoms with van der Waals surface area (Å²) in [4.78, 5) is 2.11. The molecule has 1 unspecified atom stereocenters. The van der Waals surface area contributed by atoms with Crippen LogP contribution in [0.4, 0.5) is 0 Å². The summed E-state index contributed by atoms with van der Waals surface area (Å²) < 4.78 is 0. The van der Waals surface area contributed by atoms with Crippen LogP contribution in [0.3, 0.4) is 0 Å². The molecule has 0 aromatic carbocycles. The van der Waals surface area contributed by atoms with Crippen molar-refractivity contribution in [3.05, 3.63) is 0 Å². The summed E-state index contributed by atoms with van der Waals surface area (Å²) in [7, 11) is 0. The molecule has 1 atom stereocenters. The zero-order valence-electron chi connectivity index (χ0n) is 15.4. The van der Waals surface area contributed by atoms with Crippen LogP contribution in [0.25, 0.3) is 0 Å². The maximum Gasteiger partial charge on any atom is 0.0558 e. The van der Waals surface area contributed by atoms with E-state index in [-0.39, 0.29) is 13.2 Å². The van der Waals surface area contributed by atoms with Crippen LogP contribution in [0.5, 0.6) is 0 Å². The topological polar surface area (TPSA) is 43.7 Å². The molecule has 0 saturated carbocycles. The Hall–Kier alpha value is 0.230. The third-order valence-corrected chi connectivity index (χ3v) is 5.02. The first kappa shape index (κ1) is 23.2. The Bertz CT molecular complexity index is 223. The van der Waals surface area contributed by atoms with Crippen molar-refractivity contribution in [2.75, 3.05) is 32.8 Å². The van der Waals surface area contributed by atoms with Gasteiger partial charge in [0, 0.05) is 18.3 Å². The molecule has 0 heterocycles. The average molecular weight is 348 g/mol. The number of nitrogens with zero attached hydrogens (tertiary/aromatic N) is 1. The summed E-state index contributed by atoms with van der Waals surface area (Å²) >= 11 is 4.68. The SMILES string of the molecule is CCCCCCCCCCCCC(S)CCN(CCO)CCO. The fourth-order valence-corrected chi connectivity index (χ4v) is 3.26. The molecule has 2 N–H and O–H groups in total. The number of aliphatic hydroxyl groups is 2. The zero-order chi connectivity index (χ0) is 17.2. The quantitative estimate of drug-likeness (QED) is 0.256. The fourth-order valence-electron chi connectivity index (χ4n) is 2.96. The predicted molar refractivity (Wildman–Crippen MR) is 104 cm³/mol. The smallest absolute Gasteiger partial charge is 0.0558 e. The van der Waals surface area contributed by atoms with Crippen molar-refractivity contribution in [3.8, 4) is 0 Å². The number of unbranched alkanes of at least 4 members (excludes halogenated alkanes) is 9. The van der Waals surface area contributed by atoms with E-state index >= 15 is 0 Å². The first-order chi connectivity index (χ1) is 11.2. The van der Waals surface area contributed by atoms with Crippen molar-refractivity contribution in [1.82, 2.24) is 4.90 Å². The highest BCUT2D eigenvalue weighted by Crippen LogP contribution is 2.15. The van der Waals surface area contributed by atoms with Gasteiger partial charge in [-0.25, -0.2) is 0 Å². The lowest BCUT2D eigenvalue weighted by Gasteiger charge is -2.21. The maximum absolute atomic E-state index is 8.99. The van der Waals surface area contributed by atoms with E-state index in [1.54, 1.807) is 0 Å². The molecule has 0 radical (unpaired) electrons. The van der Waals surface area contributed by atoms with Crippen molar-refractivity contribution in [1.29, 1.82) is 0 Å². The normalized spacial score (nSPS) is 12.9. The molecule has 3 nitrogen and oxygen atoms in total. The van der Waals surface area contributed by atoms with E-state index < -0.39 is 0 Å². The van der Waals surface area contributed by atoms with Crippen LogP contribution in [0.1, 0.15) is 84.0 Å². The van der Waals surface area contributed by atoms with E-state index in [1.165, 1.54) is 70.6 Å². The second-order valence-electron chi connectivity index (χ2n) is 6.70. The van der Waals surface area contributed by atoms with E-state index in [4.69, 9.17) is 10.2 Å². The van der Waals surface area contributed by atoms with Gasteiger partial charge in [-0.3, -0.25) is 4.90 Å².